The molecule has 2 heterocycles. The molecule has 0 unspecified atom stereocenters. The monoisotopic (exact) mass is 273 g/mol. The lowest BCUT2D eigenvalue weighted by molar-refractivity contribution is 0.0923. The number of benzene rings is 1. The van der Waals surface area contributed by atoms with Gasteiger partial charge in [0.1, 0.15) is 0 Å². The van der Waals surface area contributed by atoms with Gasteiger partial charge in [0.2, 0.25) is 0 Å². The molecule has 0 N–H and O–H groups in total. The normalized spacial score (nSPS) is 13.9. The smallest absolute Gasteiger partial charge is 0.266 e. The number of carbonyl (C=O) groups is 2. The van der Waals surface area contributed by atoms with Crippen molar-refractivity contribution in [2.45, 2.75) is 6.92 Å². The minimum atomic E-state index is -0.479. The summed E-state index contributed by atoms with van der Waals surface area (Å²) in [5.41, 5.74) is 1.44. The molecule has 3 rings (SSSR count). The number of amides is 2. The number of fused-ring (bicyclic) bond motifs is 1. The molecule has 6 heteroatoms. The van der Waals surface area contributed by atoms with Crippen molar-refractivity contribution in [1.29, 1.82) is 0 Å². The molecular formula is C13H8ClN3O2. The largest absolute Gasteiger partial charge is 0.286 e. The second kappa shape index (κ2) is 4.13. The van der Waals surface area contributed by atoms with E-state index in [-0.39, 0.29) is 11.4 Å². The van der Waals surface area contributed by atoms with Gasteiger partial charge in [0, 0.05) is 17.4 Å². The van der Waals surface area contributed by atoms with E-state index in [1.807, 2.05) is 6.92 Å². The molecule has 5 nitrogen and oxygen atoms in total. The van der Waals surface area contributed by atoms with Crippen LogP contribution < -0.4 is 4.90 Å². The average molecular weight is 274 g/mol. The van der Waals surface area contributed by atoms with Gasteiger partial charge in [-0.25, -0.2) is 14.9 Å². The lowest BCUT2D eigenvalue weighted by atomic mass is 10.2. The Hall–Kier alpha value is -2.27. The highest BCUT2D eigenvalue weighted by Gasteiger charge is 2.39. The molecule has 0 spiro atoms. The molecule has 1 aromatic carbocycles. The van der Waals surface area contributed by atoms with Crippen molar-refractivity contribution in [3.05, 3.63) is 52.6 Å². The van der Waals surface area contributed by atoms with Gasteiger partial charge in [-0.2, -0.15) is 0 Å². The van der Waals surface area contributed by atoms with Crippen LogP contribution in [0.5, 0.6) is 0 Å². The van der Waals surface area contributed by atoms with Gasteiger partial charge >= 0.3 is 0 Å². The summed E-state index contributed by atoms with van der Waals surface area (Å²) in [7, 11) is 0. The van der Waals surface area contributed by atoms with Gasteiger partial charge in [-0.1, -0.05) is 17.7 Å². The fourth-order valence-electron chi connectivity index (χ4n) is 1.91. The number of hydrogen-bond acceptors (Lipinski definition) is 4. The van der Waals surface area contributed by atoms with Crippen molar-refractivity contribution in [1.82, 2.24) is 9.97 Å². The number of nitrogens with zero attached hydrogens (tertiary/aromatic N) is 3. The predicted molar refractivity (Wildman–Crippen MR) is 69.4 cm³/mol. The van der Waals surface area contributed by atoms with Crippen molar-refractivity contribution < 1.29 is 9.59 Å². The molecule has 2 aromatic rings. The summed E-state index contributed by atoms with van der Waals surface area (Å²) in [5.74, 6) is -0.957. The molecule has 0 bridgehead atoms. The molecule has 0 atom stereocenters. The van der Waals surface area contributed by atoms with Crippen LogP contribution in [0, 0.1) is 6.92 Å². The number of anilines is 1. The Bertz CT molecular complexity index is 680. The van der Waals surface area contributed by atoms with Crippen molar-refractivity contribution in [3.8, 4) is 0 Å². The number of rotatable bonds is 1. The first-order valence-electron chi connectivity index (χ1n) is 5.55. The van der Waals surface area contributed by atoms with E-state index >= 15 is 0 Å². The van der Waals surface area contributed by atoms with Crippen LogP contribution in [0.15, 0.2) is 30.6 Å². The number of carbonyl (C=O) groups excluding carboxylic acids is 2. The number of aromatic nitrogens is 2. The third kappa shape index (κ3) is 1.70. The van der Waals surface area contributed by atoms with Crippen molar-refractivity contribution in [2.75, 3.05) is 4.90 Å². The minimum absolute atomic E-state index is 0.0733. The Labute approximate surface area is 113 Å². The standard InChI is InChI=1S/C13H8ClN3O2/c1-7-2-3-8(6-9(7)14)17-12(18)10-11(13(17)19)16-5-4-15-10/h2-6H,1H3. The van der Waals surface area contributed by atoms with E-state index in [9.17, 15) is 9.59 Å². The van der Waals surface area contributed by atoms with Gasteiger partial charge in [0.15, 0.2) is 11.4 Å². The first-order valence-corrected chi connectivity index (χ1v) is 5.93. The molecule has 1 aliphatic heterocycles. The quantitative estimate of drug-likeness (QED) is 0.748. The predicted octanol–water partition coefficient (Wildman–Crippen LogP) is 2.24. The van der Waals surface area contributed by atoms with Crippen LogP contribution in [-0.4, -0.2) is 21.8 Å². The molecule has 0 fully saturated rings. The zero-order chi connectivity index (χ0) is 13.6. The lowest BCUT2D eigenvalue weighted by Gasteiger charge is -2.14. The molecule has 0 saturated heterocycles. The summed E-state index contributed by atoms with van der Waals surface area (Å²) in [6.45, 7) is 1.84. The average Bonchev–Trinajstić information content (AvgIpc) is 2.66. The Balaban J connectivity index is 2.11. The first-order chi connectivity index (χ1) is 9.09. The van der Waals surface area contributed by atoms with Crippen LogP contribution in [0.1, 0.15) is 26.5 Å². The molecule has 2 amide bonds. The number of aryl methyl sites for hydroxylation is 1. The first kappa shape index (κ1) is 11.8. The number of imide groups is 1. The molecule has 1 aromatic heterocycles. The van der Waals surface area contributed by atoms with E-state index in [1.165, 1.54) is 12.4 Å². The van der Waals surface area contributed by atoms with Crippen LogP contribution in [0.25, 0.3) is 0 Å². The van der Waals surface area contributed by atoms with E-state index in [4.69, 9.17) is 11.6 Å². The van der Waals surface area contributed by atoms with Gasteiger partial charge in [-0.05, 0) is 24.6 Å². The fourth-order valence-corrected chi connectivity index (χ4v) is 2.09. The van der Waals surface area contributed by atoms with Crippen LogP contribution in [0.3, 0.4) is 0 Å². The highest BCUT2D eigenvalue weighted by Crippen LogP contribution is 2.29. The lowest BCUT2D eigenvalue weighted by Crippen LogP contribution is -2.29. The number of halogens is 1. The maximum absolute atomic E-state index is 12.2. The molecule has 0 aliphatic carbocycles. The minimum Gasteiger partial charge on any atom is -0.266 e. The maximum Gasteiger partial charge on any atom is 0.286 e. The van der Waals surface area contributed by atoms with E-state index in [1.54, 1.807) is 18.2 Å². The van der Waals surface area contributed by atoms with E-state index < -0.39 is 11.8 Å². The van der Waals surface area contributed by atoms with Gasteiger partial charge < -0.3 is 0 Å². The van der Waals surface area contributed by atoms with Gasteiger partial charge in [0.05, 0.1) is 5.69 Å². The molecule has 0 radical (unpaired) electrons. The zero-order valence-electron chi connectivity index (χ0n) is 9.92. The highest BCUT2D eigenvalue weighted by molar-refractivity contribution is 6.34. The van der Waals surface area contributed by atoms with Crippen molar-refractivity contribution in [2.24, 2.45) is 0 Å². The Morgan fingerprint density at radius 1 is 1.05 bits per heavy atom. The van der Waals surface area contributed by atoms with Crippen LogP contribution in [0.4, 0.5) is 5.69 Å². The highest BCUT2D eigenvalue weighted by atomic mass is 35.5. The number of hydrogen-bond donors (Lipinski definition) is 0. The summed E-state index contributed by atoms with van der Waals surface area (Å²) in [5, 5.41) is 0.495. The van der Waals surface area contributed by atoms with Crippen molar-refractivity contribution in [3.63, 3.8) is 0 Å². The Morgan fingerprint density at radius 3 is 2.16 bits per heavy atom. The topological polar surface area (TPSA) is 63.2 Å². The summed E-state index contributed by atoms with van der Waals surface area (Å²) in [6.07, 6.45) is 2.77. The zero-order valence-corrected chi connectivity index (χ0v) is 10.7. The Kier molecular flexibility index (Phi) is 2.57. The summed E-state index contributed by atoms with van der Waals surface area (Å²) >= 11 is 6.02. The second-order valence-electron chi connectivity index (χ2n) is 4.13. The summed E-state index contributed by atoms with van der Waals surface area (Å²) in [6, 6.07) is 5.00. The van der Waals surface area contributed by atoms with Gasteiger partial charge in [-0.15, -0.1) is 0 Å². The van der Waals surface area contributed by atoms with E-state index in [0.717, 1.165) is 10.5 Å². The van der Waals surface area contributed by atoms with Gasteiger partial charge in [0.25, 0.3) is 11.8 Å². The van der Waals surface area contributed by atoms with Crippen LogP contribution in [0.2, 0.25) is 5.02 Å². The Morgan fingerprint density at radius 2 is 1.63 bits per heavy atom. The summed E-state index contributed by atoms with van der Waals surface area (Å²) in [4.78, 5) is 33.2. The van der Waals surface area contributed by atoms with E-state index in [0.29, 0.717) is 10.7 Å². The maximum atomic E-state index is 12.2. The third-order valence-electron chi connectivity index (χ3n) is 2.92. The van der Waals surface area contributed by atoms with Crippen LogP contribution >= 0.6 is 11.6 Å². The molecule has 19 heavy (non-hydrogen) atoms. The molecule has 1 aliphatic rings. The molecule has 94 valence electrons. The molecule has 0 saturated carbocycles. The SMILES string of the molecule is Cc1ccc(N2C(=O)c3nccnc3C2=O)cc1Cl. The summed E-state index contributed by atoms with van der Waals surface area (Å²) < 4.78 is 0. The molecular weight excluding hydrogens is 266 g/mol. The van der Waals surface area contributed by atoms with Gasteiger partial charge in [-0.3, -0.25) is 9.59 Å². The van der Waals surface area contributed by atoms with Crippen LogP contribution in [-0.2, 0) is 0 Å². The van der Waals surface area contributed by atoms with E-state index in [2.05, 4.69) is 9.97 Å². The fraction of sp³-hybridized carbons (Fsp3) is 0.0769. The second-order valence-corrected chi connectivity index (χ2v) is 4.54. The third-order valence-corrected chi connectivity index (χ3v) is 3.33. The van der Waals surface area contributed by atoms with Crippen molar-refractivity contribution >= 4 is 29.1 Å².